The van der Waals surface area contributed by atoms with E-state index in [2.05, 4.69) is 168 Å². The molecule has 0 saturated heterocycles. The van der Waals surface area contributed by atoms with Crippen LogP contribution in [0.15, 0.2) is 12.2 Å². The molecule has 0 bridgehead atoms. The van der Waals surface area contributed by atoms with Crippen LogP contribution in [0.3, 0.4) is 0 Å². The summed E-state index contributed by atoms with van der Waals surface area (Å²) in [6.45, 7) is 41.2. The third-order valence-electron chi connectivity index (χ3n) is 13.8. The van der Waals surface area contributed by atoms with E-state index in [0.717, 1.165) is 19.3 Å². The minimum absolute atomic E-state index is 0. The van der Waals surface area contributed by atoms with Gasteiger partial charge in [0.2, 0.25) is 12.3 Å². The molecule has 0 aromatic carbocycles. The third kappa shape index (κ3) is 42.9. The number of halogens is 5. The summed E-state index contributed by atoms with van der Waals surface area (Å²) in [5.41, 5.74) is -1.64. The van der Waals surface area contributed by atoms with Gasteiger partial charge in [-0.3, -0.25) is 28.8 Å². The number of carbonyl (C=O) groups is 7. The van der Waals surface area contributed by atoms with Gasteiger partial charge in [0.25, 0.3) is 11.8 Å². The Morgan fingerprint density at radius 3 is 0.976 bits per heavy atom. The molecule has 0 aromatic rings. The number of esters is 5. The molecule has 0 heterocycles. The first-order chi connectivity index (χ1) is 38.3. The summed E-state index contributed by atoms with van der Waals surface area (Å²) in [6.07, 6.45) is -2.95. The molecule has 0 aliphatic carbocycles. The number of hydrogen-bond donors (Lipinski definition) is 2. The first-order valence-electron chi connectivity index (χ1n) is 28.6. The van der Waals surface area contributed by atoms with E-state index in [0.29, 0.717) is 65.4 Å². The molecule has 0 fully saturated rings. The van der Waals surface area contributed by atoms with Crippen LogP contribution in [-0.2, 0) is 114 Å². The average Bonchev–Trinajstić information content (AvgIpc) is 3.59. The van der Waals surface area contributed by atoms with Crippen LogP contribution in [-0.4, -0.2) is 143 Å². The molecule has 25 heteroatoms. The van der Waals surface area contributed by atoms with Gasteiger partial charge in [-0.1, -0.05) is 129 Å². The summed E-state index contributed by atoms with van der Waals surface area (Å²) in [5.74, 6) is -0.531. The molecule has 5 atom stereocenters. The Morgan fingerprint density at radius 2 is 0.729 bits per heavy atom. The van der Waals surface area contributed by atoms with Crippen LogP contribution >= 0.6 is 55.1 Å². The molecule has 2 N–H and O–H groups in total. The van der Waals surface area contributed by atoms with Gasteiger partial charge in [0.15, 0.2) is 0 Å². The number of nitrogens with one attached hydrogen (secondary N) is 2. The van der Waals surface area contributed by atoms with Crippen LogP contribution in [0.1, 0.15) is 171 Å². The van der Waals surface area contributed by atoms with Crippen molar-refractivity contribution < 1.29 is 122 Å². The van der Waals surface area contributed by atoms with Crippen molar-refractivity contribution in [3.63, 3.8) is 0 Å². The van der Waals surface area contributed by atoms with E-state index in [1.807, 2.05) is 9.12 Å². The fourth-order valence-electron chi connectivity index (χ4n) is 9.48. The fraction of sp³-hybridized carbons (Fsp3) is 0.850. The number of rotatable bonds is 39. The van der Waals surface area contributed by atoms with Crippen molar-refractivity contribution in [1.82, 2.24) is 10.6 Å². The molecule has 0 rings (SSSR count). The van der Waals surface area contributed by atoms with Crippen LogP contribution in [0.4, 0.5) is 8.78 Å². The standard InChI is InChI=1S/C46H80Br2F2N2O12.C13H24O2.CH4.BH2P.BrH.Cu.Y/c1-29(2)33(30(3)4)15-19-61-41(57)45(13,47)27-43(9,10)39(55)63-25-23-59-21-17-51-37(53)35(49)36(50)38(54)52-18-22-60-24-26-64-40(56)44(11,12)28-46(14,48)42(58)62-20-16-34(31(5)6)32(7)8;1-9(2)12(10(3)4)7-8-15-13(14)11(5)6;;1-2;;;/h29-36H,15-28H2,1-14H3,(H,51,53)(H,52,54);9-10,12H,5,7-8H2,1-4,6H3;1H4;2H2;1H;;/q;;;;;+1;/p-1. The van der Waals surface area contributed by atoms with Gasteiger partial charge in [-0.15, -0.1) is 0 Å². The zero-order valence-electron chi connectivity index (χ0n) is 54.0. The first-order valence-corrected chi connectivity index (χ1v) is 33.2. The van der Waals surface area contributed by atoms with Crippen molar-refractivity contribution in [2.75, 3.05) is 72.6 Å². The predicted molar refractivity (Wildman–Crippen MR) is 343 cm³/mol. The molecule has 16 nitrogen and oxygen atoms in total. The van der Waals surface area contributed by atoms with Gasteiger partial charge >= 0.3 is 58.2 Å². The number of ether oxygens (including phenoxy) is 7. The maximum Gasteiger partial charge on any atom is 0 e. The molecule has 0 aliphatic rings. The van der Waals surface area contributed by atoms with Crippen molar-refractivity contribution in [3.8, 4) is 0 Å². The Labute approximate surface area is 573 Å². The summed E-state index contributed by atoms with van der Waals surface area (Å²) in [4.78, 5) is 86.7. The van der Waals surface area contributed by atoms with Gasteiger partial charge in [-0.2, -0.15) is 9.12 Å². The largest absolute Gasteiger partial charge is 0 e. The summed E-state index contributed by atoms with van der Waals surface area (Å²) in [5, 5.41) is 4.30. The number of amides is 2. The van der Waals surface area contributed by atoms with Crippen LogP contribution in [0.5, 0.6) is 0 Å². The summed E-state index contributed by atoms with van der Waals surface area (Å²) >= 11 is 13.4. The maximum atomic E-state index is 14.4. The molecular formula is C60H110BBr3CuF2N2O14PY. The molecule has 0 saturated carbocycles. The van der Waals surface area contributed by atoms with Crippen LogP contribution < -0.4 is 10.6 Å². The van der Waals surface area contributed by atoms with Crippen molar-refractivity contribution >= 4 is 104 Å². The second-order valence-electron chi connectivity index (χ2n) is 24.4. The number of carbonyl (C=O) groups excluding carboxylic acids is 7. The smallest absolute Gasteiger partial charge is 0 e. The van der Waals surface area contributed by atoms with E-state index in [-0.39, 0.29) is 125 Å². The van der Waals surface area contributed by atoms with E-state index < -0.39 is 67.5 Å². The fourth-order valence-corrected chi connectivity index (χ4v) is 11.1. The summed E-state index contributed by atoms with van der Waals surface area (Å²) < 4.78 is 64.1. The van der Waals surface area contributed by atoms with Gasteiger partial charge in [-0.25, -0.2) is 13.6 Å². The minimum atomic E-state index is -2.79. The predicted octanol–water partition coefficient (Wildman–Crippen LogP) is 12.7. The van der Waals surface area contributed by atoms with E-state index in [9.17, 15) is 42.3 Å². The first kappa shape index (κ1) is 95.5. The van der Waals surface area contributed by atoms with Crippen molar-refractivity contribution in [2.45, 2.75) is 192 Å². The number of alkyl halides is 4. The second-order valence-corrected chi connectivity index (χ2v) is 27.9. The molecular weight excluding hydrogens is 1440 g/mol. The molecule has 3 radical (unpaired) electrons. The van der Waals surface area contributed by atoms with E-state index >= 15 is 0 Å². The van der Waals surface area contributed by atoms with Crippen LogP contribution in [0.25, 0.3) is 0 Å². The van der Waals surface area contributed by atoms with Crippen molar-refractivity contribution in [3.05, 3.63) is 12.2 Å². The Kier molecular flexibility index (Phi) is 57.2. The van der Waals surface area contributed by atoms with Gasteiger partial charge in [0.1, 0.15) is 21.9 Å². The van der Waals surface area contributed by atoms with Gasteiger partial charge in [0.05, 0.1) is 64.6 Å². The topological polar surface area (TPSA) is 208 Å². The summed E-state index contributed by atoms with van der Waals surface area (Å²) in [7, 11) is 6.33. The van der Waals surface area contributed by atoms with Crippen LogP contribution in [0.2, 0.25) is 0 Å². The molecule has 0 aliphatic heterocycles. The quantitative estimate of drug-likeness (QED) is 0.0112. The maximum absolute atomic E-state index is 14.4. The van der Waals surface area contributed by atoms with E-state index in [1.165, 1.54) is 0 Å². The zero-order valence-corrected chi connectivity index (χ0v) is 63.7. The molecule has 501 valence electrons. The summed E-state index contributed by atoms with van der Waals surface area (Å²) in [6, 6.07) is 0. The van der Waals surface area contributed by atoms with Crippen molar-refractivity contribution in [1.29, 1.82) is 0 Å². The van der Waals surface area contributed by atoms with Gasteiger partial charge in [-0.05, 0) is 134 Å². The van der Waals surface area contributed by atoms with Crippen molar-refractivity contribution in [2.24, 2.45) is 64.1 Å². The molecule has 5 unspecified atom stereocenters. The molecule has 2 amide bonds. The molecule has 0 spiro atoms. The van der Waals surface area contributed by atoms with Crippen LogP contribution in [0, 0.1) is 64.1 Å². The third-order valence-corrected chi connectivity index (χ3v) is 15.0. The Balaban J connectivity index is -0.000000637. The molecule has 85 heavy (non-hydrogen) atoms. The second kappa shape index (κ2) is 50.9. The molecule has 0 aromatic heterocycles. The minimum Gasteiger partial charge on any atom is 0 e. The van der Waals surface area contributed by atoms with E-state index in [1.54, 1.807) is 48.5 Å². The SMILES string of the molecule is C.C=C(C)C(=O)OCCC(C(C)C)C(C)C.CC(C)C(CCOC(=O)C(C)(Br)CC(C)(C)C(=O)OCCOCCNC(=O)C(F)C(F)C(=O)NCCOCCOC(=O)C(C)(C)CC(C)(Br)C(=O)OCCC(C(C)C)C(C)C)C(C)C.[B]P.[Cu][Br].[Y]. The Bertz CT molecular complexity index is 1760. The Morgan fingerprint density at radius 1 is 0.482 bits per heavy atom. The number of hydrogen-bond acceptors (Lipinski definition) is 14. The van der Waals surface area contributed by atoms with Gasteiger partial charge in [0, 0.05) is 51.4 Å². The zero-order chi connectivity index (χ0) is 65.6. The normalized spacial score (nSPS) is 13.6. The van der Waals surface area contributed by atoms with E-state index in [4.69, 9.17) is 33.2 Å². The average molecular weight is 1560 g/mol. The Hall–Kier alpha value is -0.632. The monoisotopic (exact) mass is 1550 g/mol. The van der Waals surface area contributed by atoms with Gasteiger partial charge < -0.3 is 43.8 Å².